The number of para-hydroxylation sites is 1. The fourth-order valence-corrected chi connectivity index (χ4v) is 4.24. The summed E-state index contributed by atoms with van der Waals surface area (Å²) in [5, 5.41) is 7.67. The molecule has 0 bridgehead atoms. The van der Waals surface area contributed by atoms with Crippen LogP contribution in [-0.2, 0) is 10.0 Å². The fraction of sp³-hybridized carbons (Fsp3) is 0.429. The van der Waals surface area contributed by atoms with Crippen molar-refractivity contribution in [1.82, 2.24) is 29.4 Å². The number of carbonyl (C=O) groups excluding carboxylic acids is 1. The molecule has 1 aliphatic rings. The van der Waals surface area contributed by atoms with Gasteiger partial charge >= 0.3 is 11.7 Å². The van der Waals surface area contributed by atoms with Crippen LogP contribution >= 0.6 is 23.2 Å². The predicted octanol–water partition coefficient (Wildman–Crippen LogP) is 0.718. The molecule has 27 heavy (non-hydrogen) atoms. The Balaban J connectivity index is 1.86. The molecule has 1 aromatic heterocycles. The van der Waals surface area contributed by atoms with E-state index in [1.807, 2.05) is 0 Å². The van der Waals surface area contributed by atoms with E-state index in [1.54, 1.807) is 6.07 Å². The number of aromatic nitrogens is 4. The van der Waals surface area contributed by atoms with Gasteiger partial charge in [-0.1, -0.05) is 29.3 Å². The van der Waals surface area contributed by atoms with Crippen molar-refractivity contribution in [2.75, 3.05) is 19.3 Å². The number of nitrogens with zero attached hydrogens (tertiary/aromatic N) is 5. The molecule has 10 nitrogen and oxygen atoms in total. The van der Waals surface area contributed by atoms with E-state index in [4.69, 9.17) is 23.2 Å². The van der Waals surface area contributed by atoms with Crippen molar-refractivity contribution in [3.8, 4) is 5.69 Å². The predicted molar refractivity (Wildman–Crippen MR) is 99.0 cm³/mol. The second kappa shape index (κ2) is 7.58. The Morgan fingerprint density at radius 2 is 1.93 bits per heavy atom. The average molecular weight is 435 g/mol. The molecule has 0 radical (unpaired) electrons. The topological polar surface area (TPSA) is 119 Å². The number of benzene rings is 1. The van der Waals surface area contributed by atoms with E-state index in [0.717, 1.165) is 10.9 Å². The molecule has 146 valence electrons. The van der Waals surface area contributed by atoms with E-state index in [2.05, 4.69) is 15.1 Å². The highest BCUT2D eigenvalue weighted by atomic mass is 35.5. The Kier molecular flexibility index (Phi) is 5.56. The number of rotatable bonds is 3. The van der Waals surface area contributed by atoms with E-state index < -0.39 is 27.8 Å². The SMILES string of the molecule is CS(=O)(=O)NC1CCCN(C(=O)n2nnn(-c3c(Cl)cccc3Cl)c2=O)C1. The minimum absolute atomic E-state index is 0.123. The number of amides is 1. The van der Waals surface area contributed by atoms with Crippen LogP contribution in [0.25, 0.3) is 5.69 Å². The molecule has 0 spiro atoms. The van der Waals surface area contributed by atoms with Crippen LogP contribution in [0, 0.1) is 0 Å². The zero-order valence-electron chi connectivity index (χ0n) is 14.2. The molecule has 0 saturated carbocycles. The molecule has 1 atom stereocenters. The fourth-order valence-electron chi connectivity index (χ4n) is 2.88. The van der Waals surface area contributed by atoms with Gasteiger partial charge in [-0.25, -0.2) is 22.7 Å². The first-order valence-electron chi connectivity index (χ1n) is 7.93. The molecule has 2 heterocycles. The number of tetrazole rings is 1. The Hall–Kier alpha value is -1.95. The average Bonchev–Trinajstić information content (AvgIpc) is 2.94. The summed E-state index contributed by atoms with van der Waals surface area (Å²) >= 11 is 12.1. The number of halogens is 2. The highest BCUT2D eigenvalue weighted by Crippen LogP contribution is 2.26. The van der Waals surface area contributed by atoms with Crippen molar-refractivity contribution in [2.45, 2.75) is 18.9 Å². The summed E-state index contributed by atoms with van der Waals surface area (Å²) in [4.78, 5) is 26.6. The van der Waals surface area contributed by atoms with Crippen LogP contribution in [0.15, 0.2) is 23.0 Å². The molecule has 2 aromatic rings. The number of nitrogens with one attached hydrogen (secondary N) is 1. The van der Waals surface area contributed by atoms with Gasteiger partial charge in [0.05, 0.1) is 16.3 Å². The van der Waals surface area contributed by atoms with Gasteiger partial charge in [-0.05, 0) is 35.4 Å². The molecule has 1 aliphatic heterocycles. The molecule has 0 aliphatic carbocycles. The monoisotopic (exact) mass is 434 g/mol. The van der Waals surface area contributed by atoms with Crippen LogP contribution in [0.3, 0.4) is 0 Å². The Bertz CT molecular complexity index is 1010. The lowest BCUT2D eigenvalue weighted by atomic mass is 10.1. The summed E-state index contributed by atoms with van der Waals surface area (Å²) in [6.45, 7) is 0.491. The number of hydrogen-bond donors (Lipinski definition) is 1. The molecule has 1 unspecified atom stereocenters. The van der Waals surface area contributed by atoms with Gasteiger partial charge in [0, 0.05) is 19.1 Å². The Morgan fingerprint density at radius 3 is 2.56 bits per heavy atom. The largest absolute Gasteiger partial charge is 0.377 e. The van der Waals surface area contributed by atoms with Gasteiger partial charge in [0.2, 0.25) is 10.0 Å². The highest BCUT2D eigenvalue weighted by Gasteiger charge is 2.29. The summed E-state index contributed by atoms with van der Waals surface area (Å²) in [7, 11) is -3.41. The van der Waals surface area contributed by atoms with Crippen molar-refractivity contribution < 1.29 is 13.2 Å². The zero-order valence-corrected chi connectivity index (χ0v) is 16.5. The lowest BCUT2D eigenvalue weighted by molar-refractivity contribution is 0.174. The van der Waals surface area contributed by atoms with Gasteiger partial charge < -0.3 is 4.90 Å². The lowest BCUT2D eigenvalue weighted by Gasteiger charge is -2.31. The van der Waals surface area contributed by atoms with E-state index in [1.165, 1.54) is 17.0 Å². The van der Waals surface area contributed by atoms with E-state index in [0.29, 0.717) is 24.1 Å². The number of likely N-dealkylation sites (tertiary alicyclic amines) is 1. The highest BCUT2D eigenvalue weighted by molar-refractivity contribution is 7.88. The van der Waals surface area contributed by atoms with Crippen molar-refractivity contribution in [1.29, 1.82) is 0 Å². The first-order chi connectivity index (χ1) is 12.7. The lowest BCUT2D eigenvalue weighted by Crippen LogP contribution is -2.51. The van der Waals surface area contributed by atoms with Crippen LogP contribution in [0.2, 0.25) is 10.0 Å². The smallest absolute Gasteiger partial charge is 0.321 e. The molecular formula is C14H16Cl2N6O4S. The Labute approximate surface area is 164 Å². The first kappa shape index (κ1) is 19.8. The van der Waals surface area contributed by atoms with Gasteiger partial charge in [-0.3, -0.25) is 0 Å². The second-order valence-electron chi connectivity index (χ2n) is 6.11. The minimum Gasteiger partial charge on any atom is -0.321 e. The van der Waals surface area contributed by atoms with E-state index >= 15 is 0 Å². The third kappa shape index (κ3) is 4.32. The Morgan fingerprint density at radius 1 is 1.26 bits per heavy atom. The van der Waals surface area contributed by atoms with Crippen LogP contribution in [-0.4, -0.2) is 64.5 Å². The molecule has 1 N–H and O–H groups in total. The number of piperidine rings is 1. The number of sulfonamides is 1. The van der Waals surface area contributed by atoms with Gasteiger partial charge in [0.25, 0.3) is 0 Å². The van der Waals surface area contributed by atoms with Gasteiger partial charge in [0.15, 0.2) is 0 Å². The molecule has 13 heteroatoms. The van der Waals surface area contributed by atoms with Gasteiger partial charge in [-0.2, -0.15) is 4.68 Å². The zero-order chi connectivity index (χ0) is 19.8. The summed E-state index contributed by atoms with van der Waals surface area (Å²) in [6.07, 6.45) is 2.23. The van der Waals surface area contributed by atoms with Crippen molar-refractivity contribution >= 4 is 39.3 Å². The summed E-state index contributed by atoms with van der Waals surface area (Å²) in [5.74, 6) is 0. The van der Waals surface area contributed by atoms with E-state index in [9.17, 15) is 18.0 Å². The quantitative estimate of drug-likeness (QED) is 0.710. The number of carbonyl (C=O) groups is 1. The normalized spacial score (nSPS) is 17.9. The van der Waals surface area contributed by atoms with E-state index in [-0.39, 0.29) is 22.3 Å². The molecule has 1 fully saturated rings. The molecule has 1 aromatic carbocycles. The maximum absolute atomic E-state index is 12.7. The van der Waals surface area contributed by atoms with Crippen LogP contribution in [0.5, 0.6) is 0 Å². The van der Waals surface area contributed by atoms with Crippen molar-refractivity contribution in [3.05, 3.63) is 38.7 Å². The van der Waals surface area contributed by atoms with Crippen LogP contribution in [0.4, 0.5) is 4.79 Å². The first-order valence-corrected chi connectivity index (χ1v) is 10.6. The van der Waals surface area contributed by atoms with Gasteiger partial charge in [0.1, 0.15) is 5.69 Å². The number of hydrogen-bond acceptors (Lipinski definition) is 6. The maximum Gasteiger partial charge on any atom is 0.377 e. The second-order valence-corrected chi connectivity index (χ2v) is 8.71. The summed E-state index contributed by atoms with van der Waals surface area (Å²) in [6, 6.07) is 3.54. The summed E-state index contributed by atoms with van der Waals surface area (Å²) in [5.41, 5.74) is -0.701. The maximum atomic E-state index is 12.7. The molecule has 1 saturated heterocycles. The van der Waals surface area contributed by atoms with Crippen molar-refractivity contribution in [2.24, 2.45) is 0 Å². The molecule has 1 amide bonds. The standard InChI is InChI=1S/C14H16Cl2N6O4S/c1-27(25,26)17-9-4-3-7-20(8-9)13(23)22-14(24)21(18-19-22)12-10(15)5-2-6-11(12)16/h2,5-6,9,17H,3-4,7-8H2,1H3. The minimum atomic E-state index is -3.41. The third-order valence-electron chi connectivity index (χ3n) is 3.98. The summed E-state index contributed by atoms with van der Waals surface area (Å²) < 4.78 is 26.7. The van der Waals surface area contributed by atoms with Crippen molar-refractivity contribution in [3.63, 3.8) is 0 Å². The molecular weight excluding hydrogens is 419 g/mol. The van der Waals surface area contributed by atoms with Gasteiger partial charge in [-0.15, -0.1) is 4.68 Å². The van der Waals surface area contributed by atoms with Crippen LogP contribution in [0.1, 0.15) is 12.8 Å². The third-order valence-corrected chi connectivity index (χ3v) is 5.36. The molecule has 3 rings (SSSR count). The van der Waals surface area contributed by atoms with Crippen LogP contribution < -0.4 is 10.4 Å².